The molecule has 3 nitrogen and oxygen atoms in total. The minimum Gasteiger partial charge on any atom is -0.300 e. The number of carbonyl (C=O) groups excluding carboxylic acids is 1. The summed E-state index contributed by atoms with van der Waals surface area (Å²) in [5.41, 5.74) is 0.805. The summed E-state index contributed by atoms with van der Waals surface area (Å²) in [6.07, 6.45) is 0.606. The first kappa shape index (κ1) is 15.7. The Balaban J connectivity index is 1.82. The Morgan fingerprint density at radius 3 is 2.85 bits per heavy atom. The SMILES string of the molecule is CCN1CCN(CCC(=O)c2cccc(Br)c2)CC1C. The van der Waals surface area contributed by atoms with E-state index in [0.29, 0.717) is 12.5 Å². The van der Waals surface area contributed by atoms with Crippen molar-refractivity contribution in [2.24, 2.45) is 0 Å². The second-order valence-electron chi connectivity index (χ2n) is 5.46. The van der Waals surface area contributed by atoms with Crippen LogP contribution in [-0.4, -0.2) is 54.3 Å². The van der Waals surface area contributed by atoms with Crippen molar-refractivity contribution < 1.29 is 4.79 Å². The van der Waals surface area contributed by atoms with Gasteiger partial charge in [-0.2, -0.15) is 0 Å². The van der Waals surface area contributed by atoms with E-state index < -0.39 is 0 Å². The van der Waals surface area contributed by atoms with Gasteiger partial charge in [0.2, 0.25) is 0 Å². The number of Topliss-reactive ketones (excluding diaryl/α,β-unsaturated/α-hetero) is 1. The van der Waals surface area contributed by atoms with Gasteiger partial charge in [-0.1, -0.05) is 35.0 Å². The highest BCUT2D eigenvalue weighted by Crippen LogP contribution is 2.14. The standard InChI is InChI=1S/C16H23BrN2O/c1-3-19-10-9-18(12-13(19)2)8-7-16(20)14-5-4-6-15(17)11-14/h4-6,11,13H,3,7-10,12H2,1-2H3. The first-order valence-electron chi connectivity index (χ1n) is 7.35. The molecule has 110 valence electrons. The molecule has 1 saturated heterocycles. The van der Waals surface area contributed by atoms with Crippen LogP contribution in [0.4, 0.5) is 0 Å². The van der Waals surface area contributed by atoms with E-state index in [0.717, 1.165) is 42.8 Å². The zero-order chi connectivity index (χ0) is 14.5. The van der Waals surface area contributed by atoms with Crippen LogP contribution in [0.25, 0.3) is 0 Å². The Kier molecular flexibility index (Phi) is 5.75. The molecule has 0 amide bonds. The minimum absolute atomic E-state index is 0.233. The molecular formula is C16H23BrN2O. The highest BCUT2D eigenvalue weighted by Gasteiger charge is 2.22. The number of halogens is 1. The zero-order valence-electron chi connectivity index (χ0n) is 12.3. The predicted molar refractivity (Wildman–Crippen MR) is 86.2 cm³/mol. The Hall–Kier alpha value is -0.710. The van der Waals surface area contributed by atoms with E-state index in [1.807, 2.05) is 24.3 Å². The van der Waals surface area contributed by atoms with E-state index in [2.05, 4.69) is 39.6 Å². The van der Waals surface area contributed by atoms with Gasteiger partial charge in [-0.3, -0.25) is 9.69 Å². The van der Waals surface area contributed by atoms with Crippen LogP contribution in [0.3, 0.4) is 0 Å². The third kappa shape index (κ3) is 4.14. The van der Waals surface area contributed by atoms with Gasteiger partial charge in [0.25, 0.3) is 0 Å². The van der Waals surface area contributed by atoms with Crippen molar-refractivity contribution in [1.29, 1.82) is 0 Å². The van der Waals surface area contributed by atoms with Crippen LogP contribution in [0.2, 0.25) is 0 Å². The van der Waals surface area contributed by atoms with Gasteiger partial charge in [-0.25, -0.2) is 0 Å². The quantitative estimate of drug-likeness (QED) is 0.771. The van der Waals surface area contributed by atoms with Crippen molar-refractivity contribution in [2.45, 2.75) is 26.3 Å². The summed E-state index contributed by atoms with van der Waals surface area (Å²) in [6, 6.07) is 8.25. The van der Waals surface area contributed by atoms with E-state index in [-0.39, 0.29) is 5.78 Å². The lowest BCUT2D eigenvalue weighted by Crippen LogP contribution is -2.51. The fourth-order valence-corrected chi connectivity index (χ4v) is 3.21. The highest BCUT2D eigenvalue weighted by molar-refractivity contribution is 9.10. The Bertz CT molecular complexity index is 464. The molecule has 1 heterocycles. The number of carbonyl (C=O) groups is 1. The van der Waals surface area contributed by atoms with Gasteiger partial charge in [-0.15, -0.1) is 0 Å². The summed E-state index contributed by atoms with van der Waals surface area (Å²) in [4.78, 5) is 17.1. The van der Waals surface area contributed by atoms with Crippen molar-refractivity contribution >= 4 is 21.7 Å². The molecule has 0 saturated carbocycles. The fourth-order valence-electron chi connectivity index (χ4n) is 2.81. The molecule has 0 aliphatic carbocycles. The highest BCUT2D eigenvalue weighted by atomic mass is 79.9. The van der Waals surface area contributed by atoms with Crippen LogP contribution in [0.1, 0.15) is 30.6 Å². The smallest absolute Gasteiger partial charge is 0.164 e. The van der Waals surface area contributed by atoms with Crippen molar-refractivity contribution in [3.05, 3.63) is 34.3 Å². The third-order valence-electron chi connectivity index (χ3n) is 4.06. The largest absolute Gasteiger partial charge is 0.300 e. The molecule has 0 radical (unpaired) electrons. The van der Waals surface area contributed by atoms with E-state index >= 15 is 0 Å². The van der Waals surface area contributed by atoms with Crippen molar-refractivity contribution in [3.63, 3.8) is 0 Å². The summed E-state index contributed by atoms with van der Waals surface area (Å²) in [7, 11) is 0. The Labute approximate surface area is 130 Å². The number of hydrogen-bond donors (Lipinski definition) is 0. The van der Waals surface area contributed by atoms with Gasteiger partial charge in [0.15, 0.2) is 5.78 Å². The number of rotatable bonds is 5. The van der Waals surface area contributed by atoms with Gasteiger partial charge in [0, 0.05) is 48.7 Å². The lowest BCUT2D eigenvalue weighted by molar-refractivity contribution is 0.0796. The molecule has 20 heavy (non-hydrogen) atoms. The van der Waals surface area contributed by atoms with Crippen LogP contribution in [0.15, 0.2) is 28.7 Å². The summed E-state index contributed by atoms with van der Waals surface area (Å²) < 4.78 is 0.966. The lowest BCUT2D eigenvalue weighted by Gasteiger charge is -2.39. The van der Waals surface area contributed by atoms with Crippen LogP contribution in [0.5, 0.6) is 0 Å². The zero-order valence-corrected chi connectivity index (χ0v) is 13.9. The molecule has 1 atom stereocenters. The second kappa shape index (κ2) is 7.34. The summed E-state index contributed by atoms with van der Waals surface area (Å²) in [5, 5.41) is 0. The maximum Gasteiger partial charge on any atom is 0.164 e. The average molecular weight is 339 g/mol. The normalized spacial score (nSPS) is 21.1. The number of likely N-dealkylation sites (N-methyl/N-ethyl adjacent to an activating group) is 1. The van der Waals surface area contributed by atoms with Gasteiger partial charge < -0.3 is 4.90 Å². The predicted octanol–water partition coefficient (Wildman–Crippen LogP) is 3.05. The molecule has 0 spiro atoms. The first-order chi connectivity index (χ1) is 9.60. The molecule has 1 fully saturated rings. The molecule has 1 aromatic rings. The summed E-state index contributed by atoms with van der Waals surface area (Å²) >= 11 is 3.41. The van der Waals surface area contributed by atoms with Crippen molar-refractivity contribution in [3.8, 4) is 0 Å². The maximum atomic E-state index is 12.2. The van der Waals surface area contributed by atoms with Gasteiger partial charge >= 0.3 is 0 Å². The minimum atomic E-state index is 0.233. The van der Waals surface area contributed by atoms with Crippen LogP contribution < -0.4 is 0 Å². The number of nitrogens with zero attached hydrogens (tertiary/aromatic N) is 2. The van der Waals surface area contributed by atoms with E-state index in [1.165, 1.54) is 0 Å². The number of hydrogen-bond acceptors (Lipinski definition) is 3. The van der Waals surface area contributed by atoms with Crippen LogP contribution in [-0.2, 0) is 0 Å². The molecule has 1 aliphatic heterocycles. The monoisotopic (exact) mass is 338 g/mol. The van der Waals surface area contributed by atoms with E-state index in [1.54, 1.807) is 0 Å². The van der Waals surface area contributed by atoms with Gasteiger partial charge in [0.1, 0.15) is 0 Å². The lowest BCUT2D eigenvalue weighted by atomic mass is 10.1. The molecule has 1 aliphatic rings. The summed E-state index contributed by atoms with van der Waals surface area (Å²) in [5.74, 6) is 0.233. The first-order valence-corrected chi connectivity index (χ1v) is 8.14. The molecule has 2 rings (SSSR count). The molecule has 0 N–H and O–H groups in total. The average Bonchev–Trinajstić information content (AvgIpc) is 2.45. The number of benzene rings is 1. The molecule has 0 aromatic heterocycles. The van der Waals surface area contributed by atoms with Crippen molar-refractivity contribution in [1.82, 2.24) is 9.80 Å². The van der Waals surface area contributed by atoms with Gasteiger partial charge in [0.05, 0.1) is 0 Å². The van der Waals surface area contributed by atoms with E-state index in [9.17, 15) is 4.79 Å². The molecule has 1 aromatic carbocycles. The van der Waals surface area contributed by atoms with Crippen LogP contribution >= 0.6 is 15.9 Å². The van der Waals surface area contributed by atoms with E-state index in [4.69, 9.17) is 0 Å². The molecule has 4 heteroatoms. The Morgan fingerprint density at radius 1 is 1.40 bits per heavy atom. The molecule has 0 bridgehead atoms. The maximum absolute atomic E-state index is 12.2. The summed E-state index contributed by atoms with van der Waals surface area (Å²) in [6.45, 7) is 9.72. The number of piperazine rings is 1. The number of ketones is 1. The topological polar surface area (TPSA) is 23.6 Å². The van der Waals surface area contributed by atoms with Crippen LogP contribution in [0, 0.1) is 0 Å². The molecular weight excluding hydrogens is 316 g/mol. The third-order valence-corrected chi connectivity index (χ3v) is 4.55. The molecule has 1 unspecified atom stereocenters. The van der Waals surface area contributed by atoms with Gasteiger partial charge in [-0.05, 0) is 25.6 Å². The second-order valence-corrected chi connectivity index (χ2v) is 6.38. The fraction of sp³-hybridized carbons (Fsp3) is 0.562. The van der Waals surface area contributed by atoms with Crippen molar-refractivity contribution in [2.75, 3.05) is 32.7 Å². The Morgan fingerprint density at radius 2 is 2.20 bits per heavy atom.